The first kappa shape index (κ1) is 13.6. The Morgan fingerprint density at radius 3 is 2.56 bits per heavy atom. The third kappa shape index (κ3) is 3.33. The van der Waals surface area contributed by atoms with Gasteiger partial charge in [-0.15, -0.1) is 0 Å². The minimum atomic E-state index is 0.233. The average Bonchev–Trinajstić information content (AvgIpc) is 3.08. The molecule has 1 aromatic rings. The van der Waals surface area contributed by atoms with Gasteiger partial charge in [-0.25, -0.2) is 0 Å². The van der Waals surface area contributed by atoms with Crippen LogP contribution in [0.15, 0.2) is 18.2 Å². The lowest BCUT2D eigenvalue weighted by Crippen LogP contribution is -2.30. The van der Waals surface area contributed by atoms with E-state index in [2.05, 4.69) is 44.0 Å². The van der Waals surface area contributed by atoms with Crippen molar-refractivity contribution in [1.82, 2.24) is 4.90 Å². The summed E-state index contributed by atoms with van der Waals surface area (Å²) in [5.74, 6) is 0. The van der Waals surface area contributed by atoms with Crippen molar-refractivity contribution in [2.75, 3.05) is 26.7 Å². The van der Waals surface area contributed by atoms with Crippen molar-refractivity contribution in [2.24, 2.45) is 5.41 Å². The first-order valence-corrected chi connectivity index (χ1v) is 6.90. The molecular weight excluding hydrogens is 222 g/mol. The minimum absolute atomic E-state index is 0.233. The van der Waals surface area contributed by atoms with Gasteiger partial charge in [-0.1, -0.05) is 23.8 Å². The Labute approximate surface area is 111 Å². The van der Waals surface area contributed by atoms with Gasteiger partial charge in [-0.2, -0.15) is 0 Å². The molecule has 1 fully saturated rings. The smallest absolute Gasteiger partial charge is 0.0499 e. The molecule has 18 heavy (non-hydrogen) atoms. The molecule has 0 aliphatic heterocycles. The van der Waals surface area contributed by atoms with Gasteiger partial charge in [0.1, 0.15) is 0 Å². The van der Waals surface area contributed by atoms with Crippen molar-refractivity contribution in [1.29, 1.82) is 0 Å². The summed E-state index contributed by atoms with van der Waals surface area (Å²) in [6, 6.07) is 6.70. The molecule has 0 amide bonds. The van der Waals surface area contributed by atoms with E-state index < -0.39 is 0 Å². The molecule has 0 spiro atoms. The van der Waals surface area contributed by atoms with Crippen LogP contribution in [-0.2, 0) is 6.42 Å². The fourth-order valence-corrected chi connectivity index (χ4v) is 2.63. The molecule has 0 saturated heterocycles. The van der Waals surface area contributed by atoms with Crippen molar-refractivity contribution in [3.05, 3.63) is 34.9 Å². The Morgan fingerprint density at radius 2 is 2.00 bits per heavy atom. The molecule has 2 nitrogen and oxygen atoms in total. The Hall–Kier alpha value is -0.860. The maximum atomic E-state index is 9.34. The number of hydrogen-bond acceptors (Lipinski definition) is 2. The van der Waals surface area contributed by atoms with E-state index in [0.717, 1.165) is 19.5 Å². The van der Waals surface area contributed by atoms with Crippen LogP contribution in [0, 0.1) is 19.3 Å². The second-order valence-corrected chi connectivity index (χ2v) is 6.08. The summed E-state index contributed by atoms with van der Waals surface area (Å²) in [5, 5.41) is 9.34. The maximum absolute atomic E-state index is 9.34. The molecule has 1 N–H and O–H groups in total. The number of aliphatic hydroxyl groups excluding tert-OH is 1. The molecule has 2 rings (SSSR count). The van der Waals surface area contributed by atoms with Crippen LogP contribution in [0.2, 0.25) is 0 Å². The van der Waals surface area contributed by atoms with Crippen molar-refractivity contribution >= 4 is 0 Å². The Kier molecular flexibility index (Phi) is 4.08. The molecule has 0 atom stereocenters. The zero-order valence-corrected chi connectivity index (χ0v) is 11.9. The van der Waals surface area contributed by atoms with Gasteiger partial charge in [-0.05, 0) is 51.3 Å². The summed E-state index contributed by atoms with van der Waals surface area (Å²) >= 11 is 0. The van der Waals surface area contributed by atoms with Gasteiger partial charge in [0.15, 0.2) is 0 Å². The second kappa shape index (κ2) is 5.41. The molecule has 100 valence electrons. The standard InChI is InChI=1S/C16H25NO/c1-13-4-5-15(14(2)10-13)6-9-17(3)11-16(12-18)7-8-16/h4-5,10,18H,6-9,11-12H2,1-3H3. The Morgan fingerprint density at radius 1 is 1.28 bits per heavy atom. The predicted octanol–water partition coefficient (Wildman–Crippen LogP) is 2.55. The first-order valence-electron chi connectivity index (χ1n) is 6.90. The summed E-state index contributed by atoms with van der Waals surface area (Å²) in [5.41, 5.74) is 4.41. The van der Waals surface area contributed by atoms with E-state index in [9.17, 15) is 5.11 Å². The molecule has 0 radical (unpaired) electrons. The van der Waals surface area contributed by atoms with E-state index in [-0.39, 0.29) is 5.41 Å². The zero-order valence-electron chi connectivity index (χ0n) is 11.9. The molecule has 0 heterocycles. The molecule has 2 heteroatoms. The lowest BCUT2D eigenvalue weighted by Gasteiger charge is -2.22. The first-order chi connectivity index (χ1) is 8.54. The van der Waals surface area contributed by atoms with Gasteiger partial charge in [0, 0.05) is 25.1 Å². The number of nitrogens with zero attached hydrogens (tertiary/aromatic N) is 1. The highest BCUT2D eigenvalue weighted by atomic mass is 16.3. The normalized spacial score (nSPS) is 17.2. The molecule has 0 aromatic heterocycles. The summed E-state index contributed by atoms with van der Waals surface area (Å²) < 4.78 is 0. The number of hydrogen-bond donors (Lipinski definition) is 1. The van der Waals surface area contributed by atoms with Crippen LogP contribution in [-0.4, -0.2) is 36.8 Å². The lowest BCUT2D eigenvalue weighted by molar-refractivity contribution is 0.165. The summed E-state index contributed by atoms with van der Waals surface area (Å²) in [7, 11) is 2.17. The fourth-order valence-electron chi connectivity index (χ4n) is 2.63. The van der Waals surface area contributed by atoms with Gasteiger partial charge < -0.3 is 10.0 Å². The van der Waals surface area contributed by atoms with Crippen LogP contribution >= 0.6 is 0 Å². The topological polar surface area (TPSA) is 23.5 Å². The number of benzene rings is 1. The van der Waals surface area contributed by atoms with Crippen LogP contribution in [0.5, 0.6) is 0 Å². The SMILES string of the molecule is Cc1ccc(CCN(C)CC2(CO)CC2)c(C)c1. The monoisotopic (exact) mass is 247 g/mol. The van der Waals surface area contributed by atoms with Gasteiger partial charge in [-0.3, -0.25) is 0 Å². The van der Waals surface area contributed by atoms with Gasteiger partial charge in [0.25, 0.3) is 0 Å². The van der Waals surface area contributed by atoms with Gasteiger partial charge in [0.05, 0.1) is 0 Å². The molecule has 0 unspecified atom stereocenters. The summed E-state index contributed by atoms with van der Waals surface area (Å²) in [6.45, 7) is 6.79. The minimum Gasteiger partial charge on any atom is -0.396 e. The van der Waals surface area contributed by atoms with E-state index in [1.807, 2.05) is 0 Å². The highest BCUT2D eigenvalue weighted by Gasteiger charge is 2.42. The molecule has 1 saturated carbocycles. The molecule has 1 aromatic carbocycles. The second-order valence-electron chi connectivity index (χ2n) is 6.08. The molecular formula is C16H25NO. The highest BCUT2D eigenvalue weighted by molar-refractivity contribution is 5.30. The van der Waals surface area contributed by atoms with E-state index in [4.69, 9.17) is 0 Å². The Balaban J connectivity index is 1.83. The summed E-state index contributed by atoms with van der Waals surface area (Å²) in [4.78, 5) is 2.36. The number of likely N-dealkylation sites (N-methyl/N-ethyl adjacent to an activating group) is 1. The van der Waals surface area contributed by atoms with Crippen molar-refractivity contribution < 1.29 is 5.11 Å². The van der Waals surface area contributed by atoms with Crippen LogP contribution in [0.4, 0.5) is 0 Å². The quantitative estimate of drug-likeness (QED) is 0.835. The number of aryl methyl sites for hydroxylation is 2. The predicted molar refractivity (Wildman–Crippen MR) is 75.9 cm³/mol. The van der Waals surface area contributed by atoms with Crippen molar-refractivity contribution in [3.8, 4) is 0 Å². The molecule has 1 aliphatic rings. The molecule has 0 bridgehead atoms. The average molecular weight is 247 g/mol. The maximum Gasteiger partial charge on any atom is 0.0499 e. The third-order valence-corrected chi connectivity index (χ3v) is 4.16. The van der Waals surface area contributed by atoms with E-state index in [1.54, 1.807) is 0 Å². The highest BCUT2D eigenvalue weighted by Crippen LogP contribution is 2.45. The van der Waals surface area contributed by atoms with Crippen LogP contribution in [0.25, 0.3) is 0 Å². The van der Waals surface area contributed by atoms with Crippen molar-refractivity contribution in [3.63, 3.8) is 0 Å². The van der Waals surface area contributed by atoms with Crippen LogP contribution < -0.4 is 0 Å². The van der Waals surface area contributed by atoms with Crippen LogP contribution in [0.3, 0.4) is 0 Å². The van der Waals surface area contributed by atoms with Gasteiger partial charge >= 0.3 is 0 Å². The fraction of sp³-hybridized carbons (Fsp3) is 0.625. The molecule has 1 aliphatic carbocycles. The van der Waals surface area contributed by atoms with Crippen LogP contribution in [0.1, 0.15) is 29.5 Å². The number of rotatable bonds is 6. The van der Waals surface area contributed by atoms with E-state index in [1.165, 1.54) is 29.5 Å². The lowest BCUT2D eigenvalue weighted by atomic mass is 10.0. The number of aliphatic hydroxyl groups is 1. The van der Waals surface area contributed by atoms with Crippen molar-refractivity contribution in [2.45, 2.75) is 33.1 Å². The van der Waals surface area contributed by atoms with E-state index >= 15 is 0 Å². The summed E-state index contributed by atoms with van der Waals surface area (Å²) in [6.07, 6.45) is 3.49. The largest absolute Gasteiger partial charge is 0.396 e. The third-order valence-electron chi connectivity index (χ3n) is 4.16. The van der Waals surface area contributed by atoms with E-state index in [0.29, 0.717) is 6.61 Å². The Bertz CT molecular complexity index is 410. The zero-order chi connectivity index (χ0) is 13.2. The van der Waals surface area contributed by atoms with Gasteiger partial charge in [0.2, 0.25) is 0 Å².